The molecular weight excluding hydrogens is 396 g/mol. The molecule has 1 aromatic heterocycles. The van der Waals surface area contributed by atoms with Crippen molar-refractivity contribution in [3.05, 3.63) is 51.2 Å². The van der Waals surface area contributed by atoms with Crippen molar-refractivity contribution in [3.8, 4) is 0 Å². The van der Waals surface area contributed by atoms with Gasteiger partial charge in [0.25, 0.3) is 15.9 Å². The van der Waals surface area contributed by atoms with Crippen molar-refractivity contribution >= 4 is 31.9 Å². The van der Waals surface area contributed by atoms with Gasteiger partial charge < -0.3 is 9.32 Å². The van der Waals surface area contributed by atoms with E-state index in [-0.39, 0.29) is 16.6 Å². The number of nitrogens with one attached hydrogen (secondary N) is 1. The van der Waals surface area contributed by atoms with Crippen molar-refractivity contribution in [1.29, 1.82) is 0 Å². The zero-order chi connectivity index (χ0) is 17.5. The van der Waals surface area contributed by atoms with Crippen LogP contribution in [0.1, 0.15) is 27.2 Å². The summed E-state index contributed by atoms with van der Waals surface area (Å²) in [6.45, 7) is 2.66. The van der Waals surface area contributed by atoms with Crippen LogP contribution in [-0.2, 0) is 23.0 Å². The SMILES string of the molecule is CNS(=O)(=O)c1cc(C(=O)N2CCc3c(Br)cccc3C2)c(C)o1. The first kappa shape index (κ1) is 17.2. The van der Waals surface area contributed by atoms with Crippen LogP contribution in [0.15, 0.2) is 38.2 Å². The molecule has 1 N–H and O–H groups in total. The number of furan rings is 1. The zero-order valence-electron chi connectivity index (χ0n) is 13.3. The van der Waals surface area contributed by atoms with Crippen LogP contribution in [0.3, 0.4) is 0 Å². The molecule has 0 bridgehead atoms. The quantitative estimate of drug-likeness (QED) is 0.839. The highest BCUT2D eigenvalue weighted by molar-refractivity contribution is 9.10. The molecule has 0 radical (unpaired) electrons. The average molecular weight is 413 g/mol. The van der Waals surface area contributed by atoms with E-state index < -0.39 is 10.0 Å². The average Bonchev–Trinajstić information content (AvgIpc) is 2.96. The second-order valence-electron chi connectivity index (χ2n) is 5.60. The maximum atomic E-state index is 12.8. The summed E-state index contributed by atoms with van der Waals surface area (Å²) in [7, 11) is -2.41. The number of aryl methyl sites for hydroxylation is 1. The number of halogens is 1. The van der Waals surface area contributed by atoms with E-state index in [4.69, 9.17) is 4.42 Å². The van der Waals surface area contributed by atoms with Crippen molar-refractivity contribution in [2.45, 2.75) is 25.0 Å². The lowest BCUT2D eigenvalue weighted by Crippen LogP contribution is -2.36. The van der Waals surface area contributed by atoms with E-state index in [0.29, 0.717) is 18.8 Å². The van der Waals surface area contributed by atoms with E-state index in [1.54, 1.807) is 11.8 Å². The predicted octanol–water partition coefficient (Wildman–Crippen LogP) is 2.46. The number of hydrogen-bond donors (Lipinski definition) is 1. The van der Waals surface area contributed by atoms with E-state index in [1.807, 2.05) is 18.2 Å². The van der Waals surface area contributed by atoms with E-state index in [1.165, 1.54) is 18.7 Å². The fourth-order valence-electron chi connectivity index (χ4n) is 2.81. The Bertz CT molecular complexity index is 905. The lowest BCUT2D eigenvalue weighted by Gasteiger charge is -2.29. The summed E-state index contributed by atoms with van der Waals surface area (Å²) < 4.78 is 32.2. The number of hydrogen-bond acceptors (Lipinski definition) is 4. The van der Waals surface area contributed by atoms with Crippen LogP contribution < -0.4 is 4.72 Å². The monoisotopic (exact) mass is 412 g/mol. The van der Waals surface area contributed by atoms with Gasteiger partial charge in [0.15, 0.2) is 0 Å². The molecule has 1 aliphatic rings. The van der Waals surface area contributed by atoms with Gasteiger partial charge in [0.05, 0.1) is 5.56 Å². The molecule has 0 spiro atoms. The third-order valence-electron chi connectivity index (χ3n) is 4.16. The summed E-state index contributed by atoms with van der Waals surface area (Å²) in [4.78, 5) is 14.5. The molecule has 8 heteroatoms. The van der Waals surface area contributed by atoms with E-state index in [2.05, 4.69) is 20.7 Å². The minimum atomic E-state index is -3.71. The fraction of sp³-hybridized carbons (Fsp3) is 0.312. The van der Waals surface area contributed by atoms with Crippen LogP contribution in [0.4, 0.5) is 0 Å². The van der Waals surface area contributed by atoms with Crippen molar-refractivity contribution in [3.63, 3.8) is 0 Å². The maximum absolute atomic E-state index is 12.8. The topological polar surface area (TPSA) is 79.6 Å². The van der Waals surface area contributed by atoms with Gasteiger partial charge in [0.1, 0.15) is 5.76 Å². The van der Waals surface area contributed by atoms with Gasteiger partial charge in [0, 0.05) is 23.6 Å². The molecule has 0 saturated carbocycles. The van der Waals surface area contributed by atoms with Crippen molar-refractivity contribution in [2.75, 3.05) is 13.6 Å². The molecule has 6 nitrogen and oxygen atoms in total. The van der Waals surface area contributed by atoms with Crippen LogP contribution in [-0.4, -0.2) is 32.8 Å². The van der Waals surface area contributed by atoms with Crippen molar-refractivity contribution in [2.24, 2.45) is 0 Å². The Morgan fingerprint density at radius 1 is 1.38 bits per heavy atom. The Hall–Kier alpha value is -1.64. The number of carbonyl (C=O) groups is 1. The van der Waals surface area contributed by atoms with Gasteiger partial charge in [0.2, 0.25) is 5.09 Å². The van der Waals surface area contributed by atoms with Crippen LogP contribution in [0, 0.1) is 6.92 Å². The van der Waals surface area contributed by atoms with Gasteiger partial charge in [-0.15, -0.1) is 0 Å². The largest absolute Gasteiger partial charge is 0.448 e. The first-order valence-electron chi connectivity index (χ1n) is 7.43. The van der Waals surface area contributed by atoms with Gasteiger partial charge in [-0.2, -0.15) is 0 Å². The van der Waals surface area contributed by atoms with Crippen molar-refractivity contribution < 1.29 is 17.6 Å². The Labute approximate surface area is 149 Å². The third kappa shape index (κ3) is 3.01. The molecule has 2 heterocycles. The minimum absolute atomic E-state index is 0.223. The predicted molar refractivity (Wildman–Crippen MR) is 92.3 cm³/mol. The van der Waals surface area contributed by atoms with Crippen molar-refractivity contribution in [1.82, 2.24) is 9.62 Å². The minimum Gasteiger partial charge on any atom is -0.448 e. The van der Waals surface area contributed by atoms with Crippen LogP contribution in [0.2, 0.25) is 0 Å². The molecule has 1 aliphatic heterocycles. The number of amides is 1. The molecule has 1 aromatic carbocycles. The third-order valence-corrected chi connectivity index (χ3v) is 6.17. The Kier molecular flexibility index (Phi) is 4.54. The van der Waals surface area contributed by atoms with E-state index in [0.717, 1.165) is 16.5 Å². The molecular formula is C16H17BrN2O4S. The summed E-state index contributed by atoms with van der Waals surface area (Å²) in [5.41, 5.74) is 2.58. The second-order valence-corrected chi connectivity index (χ2v) is 8.27. The zero-order valence-corrected chi connectivity index (χ0v) is 15.7. The number of carbonyl (C=O) groups excluding carboxylic acids is 1. The first-order chi connectivity index (χ1) is 11.3. The highest BCUT2D eigenvalue weighted by Crippen LogP contribution is 2.28. The number of benzene rings is 1. The number of fused-ring (bicyclic) bond motifs is 1. The normalized spacial score (nSPS) is 14.5. The Balaban J connectivity index is 1.89. The van der Waals surface area contributed by atoms with Gasteiger partial charge in [-0.25, -0.2) is 13.1 Å². The molecule has 0 fully saturated rings. The van der Waals surface area contributed by atoms with Gasteiger partial charge >= 0.3 is 0 Å². The molecule has 0 aliphatic carbocycles. The molecule has 3 rings (SSSR count). The van der Waals surface area contributed by atoms with Gasteiger partial charge in [-0.05, 0) is 37.6 Å². The summed E-state index contributed by atoms with van der Waals surface area (Å²) in [6, 6.07) is 7.22. The Morgan fingerprint density at radius 3 is 2.83 bits per heavy atom. The van der Waals surface area contributed by atoms with Crippen LogP contribution in [0.5, 0.6) is 0 Å². The molecule has 1 amide bonds. The highest BCUT2D eigenvalue weighted by atomic mass is 79.9. The van der Waals surface area contributed by atoms with Crippen LogP contribution in [0.25, 0.3) is 0 Å². The maximum Gasteiger partial charge on any atom is 0.273 e. The molecule has 0 atom stereocenters. The first-order valence-corrected chi connectivity index (χ1v) is 9.70. The van der Waals surface area contributed by atoms with Gasteiger partial charge in [-0.1, -0.05) is 28.1 Å². The van der Waals surface area contributed by atoms with Crippen LogP contribution >= 0.6 is 15.9 Å². The lowest BCUT2D eigenvalue weighted by atomic mass is 9.99. The number of sulfonamides is 1. The standard InChI is InChI=1S/C16H17BrN2O4S/c1-10-13(8-15(23-10)24(21,22)18-2)16(20)19-7-6-12-11(9-19)4-3-5-14(12)17/h3-5,8,18H,6-7,9H2,1-2H3. The summed E-state index contributed by atoms with van der Waals surface area (Å²) in [6.07, 6.45) is 0.751. The molecule has 0 saturated heterocycles. The molecule has 24 heavy (non-hydrogen) atoms. The fourth-order valence-corrected chi connectivity index (χ4v) is 4.12. The lowest BCUT2D eigenvalue weighted by molar-refractivity contribution is 0.0732. The molecule has 0 unspecified atom stereocenters. The molecule has 128 valence electrons. The summed E-state index contributed by atoms with van der Waals surface area (Å²) in [5, 5.41) is -0.244. The smallest absolute Gasteiger partial charge is 0.273 e. The van der Waals surface area contributed by atoms with E-state index >= 15 is 0 Å². The Morgan fingerprint density at radius 2 is 2.12 bits per heavy atom. The second kappa shape index (κ2) is 6.34. The van der Waals surface area contributed by atoms with E-state index in [9.17, 15) is 13.2 Å². The summed E-state index contributed by atoms with van der Waals surface area (Å²) in [5.74, 6) is 0.0771. The number of nitrogens with zero attached hydrogens (tertiary/aromatic N) is 1. The molecule has 2 aromatic rings. The highest BCUT2D eigenvalue weighted by Gasteiger charge is 2.28. The van der Waals surface area contributed by atoms with Gasteiger partial charge in [-0.3, -0.25) is 4.79 Å². The summed E-state index contributed by atoms with van der Waals surface area (Å²) >= 11 is 3.54. The number of rotatable bonds is 3.